The monoisotopic (exact) mass is 114 g/mol. The first-order valence-corrected chi connectivity index (χ1v) is 4.34. The Labute approximate surface area is 54.7 Å². The smallest absolute Gasteiger partial charge is 0.0882 e. The van der Waals surface area contributed by atoms with Crippen LogP contribution in [0.4, 0.5) is 0 Å². The fourth-order valence-electron chi connectivity index (χ4n) is 0.471. The van der Waals surface area contributed by atoms with E-state index in [9.17, 15) is 0 Å². The van der Waals surface area contributed by atoms with Crippen LogP contribution in [-0.2, 0) is 0 Å². The van der Waals surface area contributed by atoms with Crippen molar-refractivity contribution in [3.8, 4) is 0 Å². The van der Waals surface area contributed by atoms with Crippen LogP contribution in [0, 0.1) is 5.92 Å². The summed E-state index contributed by atoms with van der Waals surface area (Å²) < 4.78 is 1.04. The third kappa shape index (κ3) is 3.14. The Bertz CT molecular complexity index is 41.4. The number of hydrogen-bond donors (Lipinski definition) is 0. The second-order valence-corrected chi connectivity index (χ2v) is 4.11. The highest BCUT2D eigenvalue weighted by atomic mass is 27.0. The van der Waals surface area contributed by atoms with Crippen LogP contribution in [0.1, 0.15) is 27.2 Å². The van der Waals surface area contributed by atoms with Crippen molar-refractivity contribution < 1.29 is 0 Å². The minimum absolute atomic E-state index is 0.927. The first kappa shape index (κ1) is 7.53. The van der Waals surface area contributed by atoms with Gasteiger partial charge in [-0.05, 0) is 0 Å². The van der Waals surface area contributed by atoms with Crippen molar-refractivity contribution in [2.24, 2.45) is 5.92 Å². The van der Waals surface area contributed by atoms with Gasteiger partial charge in [-0.2, -0.15) is 0 Å². The Hall–Kier alpha value is 0.532. The predicted octanol–water partition coefficient (Wildman–Crippen LogP) is 1.47. The van der Waals surface area contributed by atoms with Gasteiger partial charge >= 0.3 is 0 Å². The van der Waals surface area contributed by atoms with Crippen molar-refractivity contribution in [1.82, 2.24) is 0 Å². The molecule has 0 spiro atoms. The highest BCUT2D eigenvalue weighted by Gasteiger charge is 2.01. The summed E-state index contributed by atoms with van der Waals surface area (Å²) in [6.07, 6.45) is 1.38. The Morgan fingerprint density at radius 2 is 1.86 bits per heavy atom. The first-order chi connectivity index (χ1) is 3.18. The standard InChI is InChI=1S/C6H13.Al.2H/c1-4-5-6(2)3;;;/h5-6H,4H2,1-3H3;;;. The van der Waals surface area contributed by atoms with Crippen molar-refractivity contribution in [3.05, 3.63) is 0 Å². The molecule has 0 N–H and O–H groups in total. The summed E-state index contributed by atoms with van der Waals surface area (Å²) >= 11 is 1.37. The number of hydrogen-bond acceptors (Lipinski definition) is 0. The summed E-state index contributed by atoms with van der Waals surface area (Å²) in [5.74, 6) is 0.927. The fourth-order valence-corrected chi connectivity index (χ4v) is 0.471. The average Bonchev–Trinajstić information content (AvgIpc) is 1.65. The molecule has 0 fully saturated rings. The molecule has 42 valence electrons. The lowest BCUT2D eigenvalue weighted by Gasteiger charge is -2.10. The van der Waals surface area contributed by atoms with Gasteiger partial charge in [-0.3, -0.25) is 0 Å². The van der Waals surface area contributed by atoms with Crippen molar-refractivity contribution in [2.45, 2.75) is 32.0 Å². The summed E-state index contributed by atoms with van der Waals surface area (Å²) in [7, 11) is 0. The van der Waals surface area contributed by atoms with Crippen molar-refractivity contribution in [2.75, 3.05) is 0 Å². The van der Waals surface area contributed by atoms with Crippen LogP contribution < -0.4 is 0 Å². The lowest BCUT2D eigenvalue weighted by Crippen LogP contribution is -1.98. The SMILES string of the molecule is CC[CH]([AlH2])C(C)C. The van der Waals surface area contributed by atoms with E-state index in [1.54, 1.807) is 0 Å². The highest BCUT2D eigenvalue weighted by Crippen LogP contribution is 2.15. The van der Waals surface area contributed by atoms with Crippen LogP contribution >= 0.6 is 0 Å². The van der Waals surface area contributed by atoms with Gasteiger partial charge in [-0.15, -0.1) is 0 Å². The molecular formula is C6H15Al. The molecule has 0 aliphatic carbocycles. The maximum Gasteiger partial charge on any atom is 0.216 e. The van der Waals surface area contributed by atoms with Crippen molar-refractivity contribution in [3.63, 3.8) is 0 Å². The molecule has 0 aromatic carbocycles. The van der Waals surface area contributed by atoms with Crippen LogP contribution in [-0.4, -0.2) is 16.3 Å². The second-order valence-electron chi connectivity index (χ2n) is 2.63. The van der Waals surface area contributed by atoms with E-state index >= 15 is 0 Å². The normalized spacial score (nSPS) is 14.9. The lowest BCUT2D eigenvalue weighted by molar-refractivity contribution is 0.575. The Morgan fingerprint density at radius 1 is 1.43 bits per heavy atom. The molecule has 0 heterocycles. The van der Waals surface area contributed by atoms with Gasteiger partial charge in [0, 0.05) is 0 Å². The summed E-state index contributed by atoms with van der Waals surface area (Å²) in [6.45, 7) is 6.89. The van der Waals surface area contributed by atoms with Crippen LogP contribution in [0.15, 0.2) is 0 Å². The lowest BCUT2D eigenvalue weighted by atomic mass is 10.1. The Balaban J connectivity index is 3.14. The molecule has 0 aliphatic heterocycles. The van der Waals surface area contributed by atoms with Gasteiger partial charge < -0.3 is 0 Å². The van der Waals surface area contributed by atoms with Gasteiger partial charge in [0.05, 0.1) is 0 Å². The Kier molecular flexibility index (Phi) is 3.79. The van der Waals surface area contributed by atoms with Gasteiger partial charge in [-0.1, -0.05) is 37.9 Å². The van der Waals surface area contributed by atoms with Crippen molar-refractivity contribution >= 4 is 16.3 Å². The zero-order chi connectivity index (χ0) is 5.86. The predicted molar refractivity (Wildman–Crippen MR) is 37.4 cm³/mol. The molecule has 0 saturated heterocycles. The van der Waals surface area contributed by atoms with E-state index in [4.69, 9.17) is 0 Å². The fraction of sp³-hybridized carbons (Fsp3) is 1.00. The molecule has 0 saturated carbocycles. The van der Waals surface area contributed by atoms with E-state index in [2.05, 4.69) is 20.8 Å². The minimum Gasteiger partial charge on any atom is -0.0882 e. The molecule has 1 atom stereocenters. The van der Waals surface area contributed by atoms with Crippen LogP contribution in [0.5, 0.6) is 0 Å². The number of rotatable bonds is 2. The third-order valence-electron chi connectivity index (χ3n) is 1.78. The largest absolute Gasteiger partial charge is 0.216 e. The maximum atomic E-state index is 2.31. The average molecular weight is 114 g/mol. The van der Waals surface area contributed by atoms with Gasteiger partial charge in [0.25, 0.3) is 0 Å². The molecule has 7 heavy (non-hydrogen) atoms. The van der Waals surface area contributed by atoms with Crippen LogP contribution in [0.25, 0.3) is 0 Å². The summed E-state index contributed by atoms with van der Waals surface area (Å²) in [4.78, 5) is 0. The minimum atomic E-state index is 0.927. The Morgan fingerprint density at radius 3 is 1.86 bits per heavy atom. The topological polar surface area (TPSA) is 0 Å². The highest BCUT2D eigenvalue weighted by molar-refractivity contribution is 6.11. The molecule has 0 rings (SSSR count). The van der Waals surface area contributed by atoms with Crippen LogP contribution in [0.3, 0.4) is 0 Å². The summed E-state index contributed by atoms with van der Waals surface area (Å²) in [6, 6.07) is 0. The van der Waals surface area contributed by atoms with E-state index in [-0.39, 0.29) is 0 Å². The van der Waals surface area contributed by atoms with E-state index in [1.807, 2.05) is 0 Å². The molecule has 0 nitrogen and oxygen atoms in total. The second kappa shape index (κ2) is 3.52. The molecule has 0 radical (unpaired) electrons. The molecule has 0 aromatic heterocycles. The third-order valence-corrected chi connectivity index (χ3v) is 3.93. The van der Waals surface area contributed by atoms with Crippen molar-refractivity contribution in [1.29, 1.82) is 0 Å². The van der Waals surface area contributed by atoms with Gasteiger partial charge in [0.15, 0.2) is 0 Å². The molecular weight excluding hydrogens is 99.0 g/mol. The quantitative estimate of drug-likeness (QED) is 0.477. The van der Waals surface area contributed by atoms with Crippen LogP contribution in [0.2, 0.25) is 4.78 Å². The van der Waals surface area contributed by atoms with Gasteiger partial charge in [0.1, 0.15) is 0 Å². The zero-order valence-corrected chi connectivity index (χ0v) is 7.86. The van der Waals surface area contributed by atoms with Gasteiger partial charge in [-0.25, -0.2) is 0 Å². The van der Waals surface area contributed by atoms with E-state index in [0.29, 0.717) is 0 Å². The summed E-state index contributed by atoms with van der Waals surface area (Å²) in [5, 5.41) is 0. The molecule has 0 aromatic rings. The first-order valence-electron chi connectivity index (χ1n) is 3.18. The molecule has 0 amide bonds. The van der Waals surface area contributed by atoms with E-state index in [1.165, 1.54) is 22.7 Å². The van der Waals surface area contributed by atoms with E-state index < -0.39 is 0 Å². The molecule has 1 unspecified atom stereocenters. The molecule has 0 aliphatic rings. The molecule has 1 heteroatoms. The molecule has 0 bridgehead atoms. The maximum absolute atomic E-state index is 2.31. The zero-order valence-electron chi connectivity index (χ0n) is 5.86. The summed E-state index contributed by atoms with van der Waals surface area (Å²) in [5.41, 5.74) is 0. The van der Waals surface area contributed by atoms with Gasteiger partial charge in [0.2, 0.25) is 16.3 Å². The van der Waals surface area contributed by atoms with E-state index in [0.717, 1.165) is 10.7 Å².